The molecule has 1 aromatic heterocycles. The summed E-state index contributed by atoms with van der Waals surface area (Å²) in [7, 11) is 1.60. The Kier molecular flexibility index (Phi) is 5.28. The Morgan fingerprint density at radius 1 is 1.33 bits per heavy atom. The third-order valence-electron chi connectivity index (χ3n) is 4.60. The standard InChI is InChI=1S/C18H23N3O2S/c1-3-13-4-6-14(7-5-13)15-12-24-17(20-15)21-16(22)18(23-2)8-10-19-11-9-18/h4-7,12,19H,3,8-11H2,1-2H3,(H,20,21,22). The molecule has 0 radical (unpaired) electrons. The maximum Gasteiger partial charge on any atom is 0.258 e. The molecule has 1 aliphatic heterocycles. The van der Waals surface area contributed by atoms with Crippen LogP contribution in [0, 0.1) is 0 Å². The van der Waals surface area contributed by atoms with Crippen LogP contribution in [0.5, 0.6) is 0 Å². The lowest BCUT2D eigenvalue weighted by molar-refractivity contribution is -0.140. The minimum absolute atomic E-state index is 0.103. The van der Waals surface area contributed by atoms with Crippen molar-refractivity contribution in [1.29, 1.82) is 0 Å². The largest absolute Gasteiger partial charge is 0.368 e. The topological polar surface area (TPSA) is 63.2 Å². The monoisotopic (exact) mass is 345 g/mol. The fraction of sp³-hybridized carbons (Fsp3) is 0.444. The molecule has 2 N–H and O–H groups in total. The van der Waals surface area contributed by atoms with E-state index in [1.54, 1.807) is 7.11 Å². The number of carbonyl (C=O) groups excluding carboxylic acids is 1. The lowest BCUT2D eigenvalue weighted by Gasteiger charge is -2.34. The number of carbonyl (C=O) groups is 1. The van der Waals surface area contributed by atoms with E-state index >= 15 is 0 Å². The molecule has 1 fully saturated rings. The first-order chi connectivity index (χ1) is 11.7. The van der Waals surface area contributed by atoms with Crippen LogP contribution >= 0.6 is 11.3 Å². The normalized spacial score (nSPS) is 16.8. The maximum atomic E-state index is 12.7. The fourth-order valence-electron chi connectivity index (χ4n) is 2.94. The van der Waals surface area contributed by atoms with E-state index in [2.05, 4.69) is 46.8 Å². The molecule has 1 aromatic carbocycles. The number of amides is 1. The SMILES string of the molecule is CCc1ccc(-c2csc(NC(=O)C3(OC)CCNCC3)n2)cc1. The molecule has 1 saturated heterocycles. The molecule has 0 spiro atoms. The predicted octanol–water partition coefficient (Wildman–Crippen LogP) is 3.08. The summed E-state index contributed by atoms with van der Waals surface area (Å²) in [5.41, 5.74) is 2.50. The van der Waals surface area contributed by atoms with E-state index in [1.165, 1.54) is 16.9 Å². The van der Waals surface area contributed by atoms with Gasteiger partial charge in [-0.15, -0.1) is 11.3 Å². The summed E-state index contributed by atoms with van der Waals surface area (Å²) >= 11 is 1.44. The Morgan fingerprint density at radius 3 is 2.67 bits per heavy atom. The first kappa shape index (κ1) is 17.1. The zero-order valence-corrected chi connectivity index (χ0v) is 14.9. The smallest absolute Gasteiger partial charge is 0.258 e. The van der Waals surface area contributed by atoms with Gasteiger partial charge < -0.3 is 10.1 Å². The molecule has 2 heterocycles. The fourth-order valence-corrected chi connectivity index (χ4v) is 3.66. The van der Waals surface area contributed by atoms with E-state index in [0.29, 0.717) is 18.0 Å². The molecule has 0 bridgehead atoms. The zero-order chi connectivity index (χ0) is 17.0. The number of aromatic nitrogens is 1. The van der Waals surface area contributed by atoms with Gasteiger partial charge in [0.2, 0.25) is 0 Å². The van der Waals surface area contributed by atoms with Crippen molar-refractivity contribution in [2.75, 3.05) is 25.5 Å². The molecule has 0 atom stereocenters. The van der Waals surface area contributed by atoms with Gasteiger partial charge in [-0.05, 0) is 37.9 Å². The number of nitrogens with zero attached hydrogens (tertiary/aromatic N) is 1. The van der Waals surface area contributed by atoms with Crippen LogP contribution in [0.4, 0.5) is 5.13 Å². The summed E-state index contributed by atoms with van der Waals surface area (Å²) < 4.78 is 5.55. The third kappa shape index (κ3) is 3.50. The number of nitrogens with one attached hydrogen (secondary N) is 2. The van der Waals surface area contributed by atoms with E-state index in [9.17, 15) is 4.79 Å². The van der Waals surface area contributed by atoms with Crippen molar-refractivity contribution >= 4 is 22.4 Å². The van der Waals surface area contributed by atoms with E-state index in [-0.39, 0.29) is 5.91 Å². The number of hydrogen-bond acceptors (Lipinski definition) is 5. The van der Waals surface area contributed by atoms with Gasteiger partial charge in [-0.1, -0.05) is 31.2 Å². The number of benzene rings is 1. The Bertz CT molecular complexity index is 691. The Labute approximate surface area is 146 Å². The first-order valence-corrected chi connectivity index (χ1v) is 9.17. The number of anilines is 1. The summed E-state index contributed by atoms with van der Waals surface area (Å²) in [6, 6.07) is 8.37. The van der Waals surface area contributed by atoms with Gasteiger partial charge in [-0.2, -0.15) is 0 Å². The first-order valence-electron chi connectivity index (χ1n) is 8.29. The summed E-state index contributed by atoms with van der Waals surface area (Å²) in [5, 5.41) is 8.77. The number of hydrogen-bond donors (Lipinski definition) is 2. The van der Waals surface area contributed by atoms with E-state index in [0.717, 1.165) is 30.8 Å². The number of piperidine rings is 1. The number of ether oxygens (including phenoxy) is 1. The van der Waals surface area contributed by atoms with Crippen molar-refractivity contribution in [3.8, 4) is 11.3 Å². The average Bonchev–Trinajstić information content (AvgIpc) is 3.10. The second-order valence-corrected chi connectivity index (χ2v) is 6.85. The summed E-state index contributed by atoms with van der Waals surface area (Å²) in [6.45, 7) is 3.71. The van der Waals surface area contributed by atoms with Crippen molar-refractivity contribution in [2.24, 2.45) is 0 Å². The van der Waals surface area contributed by atoms with E-state index in [1.807, 2.05) is 5.38 Å². The maximum absolute atomic E-state index is 12.7. The molecule has 24 heavy (non-hydrogen) atoms. The lowest BCUT2D eigenvalue weighted by Crippen LogP contribution is -2.51. The van der Waals surface area contributed by atoms with Crippen LogP contribution in [0.2, 0.25) is 0 Å². The summed E-state index contributed by atoms with van der Waals surface area (Å²) in [6.07, 6.45) is 2.37. The van der Waals surface area contributed by atoms with Crippen LogP contribution in [0.3, 0.4) is 0 Å². The number of methoxy groups -OCH3 is 1. The van der Waals surface area contributed by atoms with Crippen LogP contribution in [-0.2, 0) is 16.0 Å². The van der Waals surface area contributed by atoms with Gasteiger partial charge >= 0.3 is 0 Å². The van der Waals surface area contributed by atoms with Gasteiger partial charge in [0.05, 0.1) is 5.69 Å². The second kappa shape index (κ2) is 7.42. The molecule has 0 unspecified atom stereocenters. The quantitative estimate of drug-likeness (QED) is 0.874. The molecule has 0 saturated carbocycles. The Balaban J connectivity index is 1.72. The highest BCUT2D eigenvalue weighted by molar-refractivity contribution is 7.14. The van der Waals surface area contributed by atoms with Crippen LogP contribution in [0.15, 0.2) is 29.6 Å². The van der Waals surface area contributed by atoms with Gasteiger partial charge in [-0.3, -0.25) is 10.1 Å². The minimum Gasteiger partial charge on any atom is -0.368 e. The van der Waals surface area contributed by atoms with Crippen molar-refractivity contribution in [1.82, 2.24) is 10.3 Å². The molecule has 1 aliphatic rings. The number of aryl methyl sites for hydroxylation is 1. The van der Waals surface area contributed by atoms with Gasteiger partial charge in [-0.25, -0.2) is 4.98 Å². The van der Waals surface area contributed by atoms with Crippen molar-refractivity contribution in [3.63, 3.8) is 0 Å². The molecular weight excluding hydrogens is 322 g/mol. The molecular formula is C18H23N3O2S. The van der Waals surface area contributed by atoms with Gasteiger partial charge in [0, 0.05) is 18.1 Å². The van der Waals surface area contributed by atoms with Crippen LogP contribution in [-0.4, -0.2) is 36.7 Å². The molecule has 2 aromatic rings. The predicted molar refractivity (Wildman–Crippen MR) is 97.4 cm³/mol. The zero-order valence-electron chi connectivity index (χ0n) is 14.1. The van der Waals surface area contributed by atoms with Gasteiger partial charge in [0.15, 0.2) is 5.13 Å². The lowest BCUT2D eigenvalue weighted by atomic mass is 9.91. The minimum atomic E-state index is -0.750. The van der Waals surface area contributed by atoms with E-state index in [4.69, 9.17) is 4.74 Å². The van der Waals surface area contributed by atoms with Crippen molar-refractivity contribution in [3.05, 3.63) is 35.2 Å². The molecule has 5 nitrogen and oxygen atoms in total. The molecule has 6 heteroatoms. The van der Waals surface area contributed by atoms with Crippen molar-refractivity contribution in [2.45, 2.75) is 31.8 Å². The van der Waals surface area contributed by atoms with Crippen molar-refractivity contribution < 1.29 is 9.53 Å². The average molecular weight is 345 g/mol. The van der Waals surface area contributed by atoms with Crippen LogP contribution in [0.25, 0.3) is 11.3 Å². The van der Waals surface area contributed by atoms with Gasteiger partial charge in [0.1, 0.15) is 5.60 Å². The van der Waals surface area contributed by atoms with Crippen LogP contribution in [0.1, 0.15) is 25.3 Å². The molecule has 128 valence electrons. The van der Waals surface area contributed by atoms with Crippen LogP contribution < -0.4 is 10.6 Å². The molecule has 0 aliphatic carbocycles. The second-order valence-electron chi connectivity index (χ2n) is 5.99. The highest BCUT2D eigenvalue weighted by Gasteiger charge is 2.40. The van der Waals surface area contributed by atoms with E-state index < -0.39 is 5.60 Å². The highest BCUT2D eigenvalue weighted by atomic mass is 32.1. The summed E-state index contributed by atoms with van der Waals surface area (Å²) in [4.78, 5) is 17.2. The molecule has 1 amide bonds. The number of rotatable bonds is 5. The Hall–Kier alpha value is -1.76. The molecule has 3 rings (SSSR count). The Morgan fingerprint density at radius 2 is 2.04 bits per heavy atom. The third-order valence-corrected chi connectivity index (χ3v) is 5.36. The van der Waals surface area contributed by atoms with Gasteiger partial charge in [0.25, 0.3) is 5.91 Å². The highest BCUT2D eigenvalue weighted by Crippen LogP contribution is 2.28. The summed E-state index contributed by atoms with van der Waals surface area (Å²) in [5.74, 6) is -0.103. The number of thiazole rings is 1.